The average molecular weight is 226 g/mol. The Balaban J connectivity index is 4.67. The van der Waals surface area contributed by atoms with Crippen molar-refractivity contribution in [3.63, 3.8) is 0 Å². The van der Waals surface area contributed by atoms with Crippen LogP contribution in [0, 0.1) is 0 Å². The highest BCUT2D eigenvalue weighted by Crippen LogP contribution is 2.30. The van der Waals surface area contributed by atoms with E-state index < -0.39 is 21.0 Å². The number of hydrogen-bond donors (Lipinski definition) is 1. The van der Waals surface area contributed by atoms with Crippen molar-refractivity contribution < 1.29 is 21.6 Å². The van der Waals surface area contributed by atoms with E-state index in [2.05, 4.69) is 10.7 Å². The smallest absolute Gasteiger partial charge is 0.195 e. The van der Waals surface area contributed by atoms with Gasteiger partial charge in [0.15, 0.2) is 0 Å². The summed E-state index contributed by atoms with van der Waals surface area (Å²) in [7, 11) is 0.222. The van der Waals surface area contributed by atoms with Crippen LogP contribution in [-0.4, -0.2) is 20.1 Å². The van der Waals surface area contributed by atoms with E-state index in [4.69, 9.17) is 0 Å². The molecule has 0 aliphatic rings. The molecule has 0 spiro atoms. The second kappa shape index (κ2) is 3.04. The highest BCUT2D eigenvalue weighted by molar-refractivity contribution is 8.12. The van der Waals surface area contributed by atoms with E-state index in [1.165, 1.54) is 4.72 Å². The van der Waals surface area contributed by atoms with E-state index in [9.17, 15) is 21.6 Å². The first-order chi connectivity index (χ1) is 4.96. The van der Waals surface area contributed by atoms with E-state index >= 15 is 0 Å². The van der Waals surface area contributed by atoms with Crippen LogP contribution in [0.3, 0.4) is 0 Å². The molecule has 74 valence electrons. The fraction of sp³-hybridized carbons (Fsp3) is 1.00. The minimum Gasteiger partial charge on any atom is -0.195 e. The zero-order valence-electron chi connectivity index (χ0n) is 6.24. The molecule has 1 N–H and O–H groups in total. The van der Waals surface area contributed by atoms with Crippen molar-refractivity contribution in [2.45, 2.75) is 25.6 Å². The van der Waals surface area contributed by atoms with Crippen LogP contribution in [0.4, 0.5) is 13.2 Å². The molecule has 0 unspecified atom stereocenters. The number of rotatable bonds is 2. The molecule has 12 heavy (non-hydrogen) atoms. The Morgan fingerprint density at radius 3 is 1.67 bits per heavy atom. The van der Waals surface area contributed by atoms with E-state index in [0.29, 0.717) is 13.8 Å². The van der Waals surface area contributed by atoms with E-state index in [0.717, 1.165) is 0 Å². The van der Waals surface area contributed by atoms with Crippen LogP contribution in [0.5, 0.6) is 0 Å². The molecule has 0 atom stereocenters. The Morgan fingerprint density at radius 1 is 1.25 bits per heavy atom. The predicted molar refractivity (Wildman–Crippen MR) is 38.0 cm³/mol. The second-order valence-corrected chi connectivity index (χ2v) is 4.96. The van der Waals surface area contributed by atoms with Gasteiger partial charge in [-0.25, -0.2) is 0 Å². The Kier molecular flexibility index (Phi) is 3.04. The number of halogens is 4. The third-order valence-electron chi connectivity index (χ3n) is 1.09. The molecule has 8 heteroatoms. The largest absolute Gasteiger partial charge is 0.407 e. The summed E-state index contributed by atoms with van der Waals surface area (Å²) in [6.45, 7) is 1.35. The zero-order valence-corrected chi connectivity index (χ0v) is 7.81. The quantitative estimate of drug-likeness (QED) is 0.722. The summed E-state index contributed by atoms with van der Waals surface area (Å²) in [5.41, 5.74) is -2.55. The molecule has 0 saturated carbocycles. The van der Waals surface area contributed by atoms with Gasteiger partial charge in [-0.1, -0.05) is 0 Å². The summed E-state index contributed by atoms with van der Waals surface area (Å²) in [5.74, 6) is 0. The van der Waals surface area contributed by atoms with E-state index in [-0.39, 0.29) is 0 Å². The molecule has 3 nitrogen and oxygen atoms in total. The van der Waals surface area contributed by atoms with Gasteiger partial charge in [-0.3, -0.25) is 0 Å². The lowest BCUT2D eigenvalue weighted by molar-refractivity contribution is -0.179. The van der Waals surface area contributed by atoms with Crippen molar-refractivity contribution in [2.75, 3.05) is 0 Å². The van der Waals surface area contributed by atoms with E-state index in [1.54, 1.807) is 0 Å². The summed E-state index contributed by atoms with van der Waals surface area (Å²) in [5, 5.41) is 0. The molecule has 0 fully saturated rings. The summed E-state index contributed by atoms with van der Waals surface area (Å²) in [6, 6.07) is 0. The molecule has 0 aromatic heterocycles. The van der Waals surface area contributed by atoms with Gasteiger partial charge in [-0.05, 0) is 13.8 Å². The van der Waals surface area contributed by atoms with Crippen molar-refractivity contribution in [1.82, 2.24) is 4.72 Å². The maximum absolute atomic E-state index is 12.0. The third kappa shape index (κ3) is 3.59. The minimum atomic E-state index is -4.67. The zero-order chi connectivity index (χ0) is 10.2. The predicted octanol–water partition coefficient (Wildman–Crippen LogP) is 1.40. The molecule has 0 aromatic carbocycles. The second-order valence-electron chi connectivity index (χ2n) is 2.66. The Hall–Kier alpha value is -0.0100. The minimum absolute atomic E-state index is 0.674. The van der Waals surface area contributed by atoms with Crippen molar-refractivity contribution >= 4 is 19.9 Å². The molecule has 0 heterocycles. The van der Waals surface area contributed by atoms with Crippen LogP contribution in [-0.2, 0) is 9.24 Å². The fourth-order valence-corrected chi connectivity index (χ4v) is 1.67. The normalized spacial score (nSPS) is 14.8. The summed E-state index contributed by atoms with van der Waals surface area (Å²) < 4.78 is 57.7. The first kappa shape index (κ1) is 12.0. The van der Waals surface area contributed by atoms with Gasteiger partial charge in [-0.15, -0.1) is 0 Å². The summed E-state index contributed by atoms with van der Waals surface area (Å²) >= 11 is 0. The Bertz CT molecular complexity index is 258. The monoisotopic (exact) mass is 225 g/mol. The van der Waals surface area contributed by atoms with E-state index in [1.807, 2.05) is 0 Å². The molecule has 0 aliphatic carbocycles. The maximum Gasteiger partial charge on any atom is 0.407 e. The van der Waals surface area contributed by atoms with Crippen molar-refractivity contribution in [2.24, 2.45) is 0 Å². The highest BCUT2D eigenvalue weighted by atomic mass is 35.7. The van der Waals surface area contributed by atoms with Gasteiger partial charge < -0.3 is 0 Å². The van der Waals surface area contributed by atoms with Crippen LogP contribution in [0.25, 0.3) is 0 Å². The molecular formula is C4H7ClF3NO2S. The summed E-state index contributed by atoms with van der Waals surface area (Å²) in [4.78, 5) is 0. The third-order valence-corrected chi connectivity index (χ3v) is 2.07. The van der Waals surface area contributed by atoms with Crippen LogP contribution in [0.15, 0.2) is 0 Å². The molecule has 0 aliphatic heterocycles. The van der Waals surface area contributed by atoms with Gasteiger partial charge in [-0.2, -0.15) is 26.3 Å². The van der Waals surface area contributed by atoms with Gasteiger partial charge >= 0.3 is 6.18 Å². The van der Waals surface area contributed by atoms with Gasteiger partial charge in [0.1, 0.15) is 5.54 Å². The van der Waals surface area contributed by atoms with Crippen LogP contribution >= 0.6 is 10.7 Å². The first-order valence-corrected chi connectivity index (χ1v) is 5.07. The van der Waals surface area contributed by atoms with Crippen molar-refractivity contribution in [3.8, 4) is 0 Å². The van der Waals surface area contributed by atoms with Crippen molar-refractivity contribution in [1.29, 1.82) is 0 Å². The lowest BCUT2D eigenvalue weighted by Gasteiger charge is -2.26. The molecule has 0 amide bonds. The first-order valence-electron chi connectivity index (χ1n) is 2.76. The molecule has 0 aromatic rings. The lowest BCUT2D eigenvalue weighted by atomic mass is 10.1. The Morgan fingerprint density at radius 2 is 1.58 bits per heavy atom. The lowest BCUT2D eigenvalue weighted by Crippen LogP contribution is -2.52. The number of nitrogens with one attached hydrogen (secondary N) is 1. The topological polar surface area (TPSA) is 46.2 Å². The van der Waals surface area contributed by atoms with Gasteiger partial charge in [0.25, 0.3) is 9.24 Å². The molecule has 0 radical (unpaired) electrons. The standard InChI is InChI=1S/C4H7ClF3NO2S/c1-3(2,4(6,7)8)9-12(5,10)11/h9H,1-2H3. The fourth-order valence-electron chi connectivity index (χ4n) is 0.363. The number of alkyl halides is 3. The molecule has 0 bridgehead atoms. The summed E-state index contributed by atoms with van der Waals surface area (Å²) in [6.07, 6.45) is -4.67. The van der Waals surface area contributed by atoms with Gasteiger partial charge in [0.2, 0.25) is 0 Å². The maximum atomic E-state index is 12.0. The van der Waals surface area contributed by atoms with Crippen LogP contribution in [0.1, 0.15) is 13.8 Å². The number of hydrogen-bond acceptors (Lipinski definition) is 2. The SMILES string of the molecule is CC(C)(NS(=O)(=O)Cl)C(F)(F)F. The Labute approximate surface area is 72.4 Å². The van der Waals surface area contributed by atoms with Gasteiger partial charge in [0, 0.05) is 10.7 Å². The molecular weight excluding hydrogens is 219 g/mol. The molecule has 0 saturated heterocycles. The molecule has 0 rings (SSSR count). The van der Waals surface area contributed by atoms with Crippen LogP contribution < -0.4 is 4.72 Å². The highest BCUT2D eigenvalue weighted by Gasteiger charge is 2.49. The average Bonchev–Trinajstić information content (AvgIpc) is 1.52. The van der Waals surface area contributed by atoms with Crippen molar-refractivity contribution in [3.05, 3.63) is 0 Å². The van der Waals surface area contributed by atoms with Crippen LogP contribution in [0.2, 0.25) is 0 Å². The van der Waals surface area contributed by atoms with Gasteiger partial charge in [0.05, 0.1) is 0 Å².